The van der Waals surface area contributed by atoms with Crippen molar-refractivity contribution in [3.8, 4) is 0 Å². The van der Waals surface area contributed by atoms with Crippen molar-refractivity contribution < 1.29 is 14.6 Å². The van der Waals surface area contributed by atoms with Crippen LogP contribution in [0.1, 0.15) is 31.2 Å². The Balaban J connectivity index is 1.72. The lowest BCUT2D eigenvalue weighted by Crippen LogP contribution is -2.25. The predicted octanol–water partition coefficient (Wildman–Crippen LogP) is 2.08. The summed E-state index contributed by atoms with van der Waals surface area (Å²) in [6, 6.07) is 10.3. The first-order valence-electron chi connectivity index (χ1n) is 6.59. The number of benzene rings is 1. The van der Waals surface area contributed by atoms with Gasteiger partial charge in [-0.15, -0.1) is 0 Å². The fraction of sp³-hybridized carbons (Fsp3) is 0.533. The van der Waals surface area contributed by atoms with E-state index in [1.165, 1.54) is 5.56 Å². The molecule has 1 aromatic rings. The van der Waals surface area contributed by atoms with Crippen molar-refractivity contribution in [2.75, 3.05) is 0 Å². The Morgan fingerprint density at radius 1 is 1.33 bits per heavy atom. The highest BCUT2D eigenvalue weighted by Gasteiger charge is 2.54. The van der Waals surface area contributed by atoms with Gasteiger partial charge in [-0.3, -0.25) is 4.79 Å². The van der Waals surface area contributed by atoms with E-state index in [-0.39, 0.29) is 23.6 Å². The summed E-state index contributed by atoms with van der Waals surface area (Å²) in [4.78, 5) is 11.5. The average Bonchev–Trinajstić information content (AvgIpc) is 2.79. The van der Waals surface area contributed by atoms with Crippen LogP contribution in [-0.4, -0.2) is 23.3 Å². The third-order valence-corrected chi connectivity index (χ3v) is 4.34. The van der Waals surface area contributed by atoms with E-state index in [0.29, 0.717) is 19.3 Å². The van der Waals surface area contributed by atoms with Crippen LogP contribution in [0.3, 0.4) is 0 Å². The third-order valence-electron chi connectivity index (χ3n) is 4.34. The second-order valence-corrected chi connectivity index (χ2v) is 5.60. The molecule has 0 aromatic heterocycles. The summed E-state index contributed by atoms with van der Waals surface area (Å²) in [6.45, 7) is 0. The number of hydrogen-bond donors (Lipinski definition) is 1. The Hall–Kier alpha value is -1.35. The lowest BCUT2D eigenvalue weighted by molar-refractivity contribution is -0.142. The molecule has 0 radical (unpaired) electrons. The molecule has 2 aliphatic rings. The van der Waals surface area contributed by atoms with Gasteiger partial charge in [0.1, 0.15) is 6.10 Å². The summed E-state index contributed by atoms with van der Waals surface area (Å²) >= 11 is 0. The smallest absolute Gasteiger partial charge is 0.306 e. The fourth-order valence-electron chi connectivity index (χ4n) is 3.42. The molecule has 0 spiro atoms. The molecule has 0 bridgehead atoms. The molecular weight excluding hydrogens is 228 g/mol. The van der Waals surface area contributed by atoms with Gasteiger partial charge in [0.05, 0.1) is 12.5 Å². The maximum atomic E-state index is 11.5. The van der Waals surface area contributed by atoms with Crippen molar-refractivity contribution in [3.63, 3.8) is 0 Å². The molecule has 18 heavy (non-hydrogen) atoms. The van der Waals surface area contributed by atoms with E-state index in [4.69, 9.17) is 4.74 Å². The molecule has 1 N–H and O–H groups in total. The molecule has 0 amide bonds. The summed E-state index contributed by atoms with van der Waals surface area (Å²) in [6.07, 6.45) is 3.28. The van der Waals surface area contributed by atoms with Crippen LogP contribution in [0.25, 0.3) is 0 Å². The van der Waals surface area contributed by atoms with Crippen LogP contribution in [0, 0.1) is 5.41 Å². The van der Waals surface area contributed by atoms with Crippen LogP contribution in [0.5, 0.6) is 0 Å². The van der Waals surface area contributed by atoms with Crippen LogP contribution in [0.15, 0.2) is 30.3 Å². The fourth-order valence-corrected chi connectivity index (χ4v) is 3.42. The summed E-state index contributed by atoms with van der Waals surface area (Å²) < 4.78 is 5.35. The second-order valence-electron chi connectivity index (χ2n) is 5.60. The van der Waals surface area contributed by atoms with Crippen LogP contribution in [0.4, 0.5) is 0 Å². The number of fused-ring (bicyclic) bond motifs is 1. The van der Waals surface area contributed by atoms with Gasteiger partial charge in [0.2, 0.25) is 0 Å². The largest absolute Gasteiger partial charge is 0.462 e. The first-order valence-corrected chi connectivity index (χ1v) is 6.59. The number of esters is 1. The third kappa shape index (κ3) is 2.03. The Labute approximate surface area is 107 Å². The number of rotatable bonds is 3. The highest BCUT2D eigenvalue weighted by Crippen LogP contribution is 2.50. The first-order chi connectivity index (χ1) is 8.68. The molecule has 1 heterocycles. The molecule has 1 saturated heterocycles. The molecule has 3 rings (SSSR count). The zero-order chi connectivity index (χ0) is 12.6. The summed E-state index contributed by atoms with van der Waals surface area (Å²) in [7, 11) is 0. The minimum absolute atomic E-state index is 0.0660. The summed E-state index contributed by atoms with van der Waals surface area (Å²) in [5.74, 6) is -0.0973. The molecule has 96 valence electrons. The SMILES string of the molecule is O=C1CC2(CCc3ccccc3)CC(O)CC2O1. The van der Waals surface area contributed by atoms with Crippen molar-refractivity contribution in [2.24, 2.45) is 5.41 Å². The quantitative estimate of drug-likeness (QED) is 0.831. The molecule has 3 atom stereocenters. The average molecular weight is 246 g/mol. The maximum absolute atomic E-state index is 11.5. The lowest BCUT2D eigenvalue weighted by Gasteiger charge is -2.25. The van der Waals surface area contributed by atoms with Gasteiger partial charge in [0.15, 0.2) is 0 Å². The van der Waals surface area contributed by atoms with E-state index in [2.05, 4.69) is 12.1 Å². The number of aliphatic hydroxyl groups is 1. The Morgan fingerprint density at radius 3 is 2.89 bits per heavy atom. The number of aliphatic hydroxyl groups excluding tert-OH is 1. The number of ether oxygens (including phenoxy) is 1. The number of carbonyl (C=O) groups is 1. The van der Waals surface area contributed by atoms with E-state index in [0.717, 1.165) is 12.8 Å². The van der Waals surface area contributed by atoms with Crippen molar-refractivity contribution >= 4 is 5.97 Å². The zero-order valence-corrected chi connectivity index (χ0v) is 10.3. The Morgan fingerprint density at radius 2 is 2.11 bits per heavy atom. The molecule has 3 nitrogen and oxygen atoms in total. The van der Waals surface area contributed by atoms with E-state index < -0.39 is 0 Å². The molecule has 3 unspecified atom stereocenters. The molecule has 1 aromatic carbocycles. The monoisotopic (exact) mass is 246 g/mol. The first kappa shape index (κ1) is 11.7. The van der Waals surface area contributed by atoms with Crippen LogP contribution in [-0.2, 0) is 16.0 Å². The van der Waals surface area contributed by atoms with Crippen molar-refractivity contribution in [2.45, 2.75) is 44.3 Å². The van der Waals surface area contributed by atoms with Gasteiger partial charge in [-0.1, -0.05) is 30.3 Å². The minimum Gasteiger partial charge on any atom is -0.462 e. The molecular formula is C15H18O3. The Kier molecular flexibility index (Phi) is 2.86. The van der Waals surface area contributed by atoms with Gasteiger partial charge in [-0.05, 0) is 24.8 Å². The Bertz CT molecular complexity index is 442. The van der Waals surface area contributed by atoms with E-state index >= 15 is 0 Å². The normalized spacial score (nSPS) is 34.4. The van der Waals surface area contributed by atoms with E-state index in [9.17, 15) is 9.90 Å². The van der Waals surface area contributed by atoms with Crippen LogP contribution >= 0.6 is 0 Å². The molecule has 3 heteroatoms. The van der Waals surface area contributed by atoms with Crippen molar-refractivity contribution in [1.82, 2.24) is 0 Å². The van der Waals surface area contributed by atoms with Crippen molar-refractivity contribution in [3.05, 3.63) is 35.9 Å². The topological polar surface area (TPSA) is 46.5 Å². The van der Waals surface area contributed by atoms with Gasteiger partial charge in [-0.2, -0.15) is 0 Å². The standard InChI is InChI=1S/C15H18O3/c16-12-8-13-15(9-12,10-14(17)18-13)7-6-11-4-2-1-3-5-11/h1-5,12-13,16H,6-10H2. The highest BCUT2D eigenvalue weighted by molar-refractivity contribution is 5.73. The predicted molar refractivity (Wildman–Crippen MR) is 66.9 cm³/mol. The highest BCUT2D eigenvalue weighted by atomic mass is 16.6. The number of aryl methyl sites for hydroxylation is 1. The molecule has 2 fully saturated rings. The minimum atomic E-state index is -0.307. The van der Waals surface area contributed by atoms with E-state index in [1.54, 1.807) is 0 Å². The molecule has 1 saturated carbocycles. The van der Waals surface area contributed by atoms with Crippen molar-refractivity contribution in [1.29, 1.82) is 0 Å². The maximum Gasteiger partial charge on any atom is 0.306 e. The van der Waals surface area contributed by atoms with E-state index in [1.807, 2.05) is 18.2 Å². The van der Waals surface area contributed by atoms with Gasteiger partial charge in [0.25, 0.3) is 0 Å². The van der Waals surface area contributed by atoms with Gasteiger partial charge < -0.3 is 9.84 Å². The second kappa shape index (κ2) is 4.39. The van der Waals surface area contributed by atoms with Gasteiger partial charge >= 0.3 is 5.97 Å². The molecule has 1 aliphatic carbocycles. The van der Waals surface area contributed by atoms with Crippen LogP contribution in [0.2, 0.25) is 0 Å². The van der Waals surface area contributed by atoms with Gasteiger partial charge in [-0.25, -0.2) is 0 Å². The number of hydrogen-bond acceptors (Lipinski definition) is 3. The zero-order valence-electron chi connectivity index (χ0n) is 10.3. The molecule has 1 aliphatic heterocycles. The van der Waals surface area contributed by atoms with Crippen LogP contribution < -0.4 is 0 Å². The lowest BCUT2D eigenvalue weighted by atomic mass is 9.77. The number of carbonyl (C=O) groups excluding carboxylic acids is 1. The summed E-state index contributed by atoms with van der Waals surface area (Å²) in [5, 5.41) is 9.79. The van der Waals surface area contributed by atoms with Gasteiger partial charge in [0, 0.05) is 11.8 Å². The summed E-state index contributed by atoms with van der Waals surface area (Å²) in [5.41, 5.74) is 1.16.